The van der Waals surface area contributed by atoms with E-state index in [9.17, 15) is 13.5 Å². The van der Waals surface area contributed by atoms with Gasteiger partial charge in [-0.1, -0.05) is 23.2 Å². The molecule has 0 fully saturated rings. The number of nitrogens with zero attached hydrogens (tertiary/aromatic N) is 4. The lowest BCUT2D eigenvalue weighted by molar-refractivity contribution is -0.447. The first kappa shape index (κ1) is 24.5. The molecule has 3 aromatic rings. The van der Waals surface area contributed by atoms with Crippen LogP contribution in [0.1, 0.15) is 0 Å². The van der Waals surface area contributed by atoms with E-state index in [0.29, 0.717) is 22.6 Å². The van der Waals surface area contributed by atoms with Crippen molar-refractivity contribution in [1.29, 1.82) is 0 Å². The van der Waals surface area contributed by atoms with E-state index in [1.54, 1.807) is 12.1 Å². The Hall–Kier alpha value is -3.14. The van der Waals surface area contributed by atoms with E-state index in [0.717, 1.165) is 7.11 Å². The van der Waals surface area contributed by atoms with Gasteiger partial charge in [-0.2, -0.15) is 28.9 Å². The summed E-state index contributed by atoms with van der Waals surface area (Å²) in [4.78, 5) is 4.34. The summed E-state index contributed by atoms with van der Waals surface area (Å²) in [6, 6.07) is 12.9. The van der Waals surface area contributed by atoms with Gasteiger partial charge in [0.15, 0.2) is 6.67 Å². The zero-order valence-electron chi connectivity index (χ0n) is 17.4. The lowest BCUT2D eigenvalue weighted by Crippen LogP contribution is -2.05. The second-order valence-corrected chi connectivity index (χ2v) is 8.59. The zero-order valence-corrected chi connectivity index (χ0v) is 19.0. The number of anilines is 1. The summed E-state index contributed by atoms with van der Waals surface area (Å²) < 4.78 is 34.5. The van der Waals surface area contributed by atoms with E-state index in [-0.39, 0.29) is 39.5 Å². The Kier molecular flexibility index (Phi) is 8.26. The summed E-state index contributed by atoms with van der Waals surface area (Å²) in [7, 11) is -1.96. The minimum Gasteiger partial charge on any atom is -0.507 e. The molecule has 0 unspecified atom stereocenters. The maximum absolute atomic E-state index is 12.6. The number of azo groups is 2. The number of aromatic hydroxyl groups is 1. The highest BCUT2D eigenvalue weighted by Gasteiger charge is 2.23. The number of hydrogen-bond acceptors (Lipinski definition) is 13. The fourth-order valence-corrected chi connectivity index (χ4v) is 4.09. The van der Waals surface area contributed by atoms with E-state index >= 15 is 0 Å². The molecule has 0 aliphatic heterocycles. The molecular formula is C19H19N5O7S2. The first-order chi connectivity index (χ1) is 15.9. The molecule has 174 valence electrons. The van der Waals surface area contributed by atoms with Crippen LogP contribution >= 0.6 is 12.0 Å². The maximum atomic E-state index is 12.6. The fraction of sp³-hybridized carbons (Fsp3) is 0.158. The van der Waals surface area contributed by atoms with Crippen LogP contribution < -0.4 is 5.73 Å². The second-order valence-electron chi connectivity index (χ2n) is 6.14. The summed E-state index contributed by atoms with van der Waals surface area (Å²) in [5.41, 5.74) is 6.82. The molecule has 0 spiro atoms. The van der Waals surface area contributed by atoms with Gasteiger partial charge in [-0.3, -0.25) is 4.18 Å². The molecule has 3 aromatic carbocycles. The third-order valence-corrected chi connectivity index (χ3v) is 6.00. The minimum absolute atomic E-state index is 0.00251. The van der Waals surface area contributed by atoms with Crippen molar-refractivity contribution in [3.05, 3.63) is 48.5 Å². The SMILES string of the molecule is COOOSc1cc(O)c2c(N)c(N=NCN=Nc3ccccc3)cc(S(=O)(=O)OC)c2c1. The molecule has 33 heavy (non-hydrogen) atoms. The largest absolute Gasteiger partial charge is 0.507 e. The number of rotatable bonds is 10. The van der Waals surface area contributed by atoms with Gasteiger partial charge >= 0.3 is 0 Å². The van der Waals surface area contributed by atoms with Crippen molar-refractivity contribution in [2.75, 3.05) is 26.6 Å². The van der Waals surface area contributed by atoms with E-state index < -0.39 is 10.1 Å². The lowest BCUT2D eigenvalue weighted by Gasteiger charge is -2.13. The molecule has 14 heteroatoms. The summed E-state index contributed by atoms with van der Waals surface area (Å²) in [6.45, 7) is -0.128. The van der Waals surface area contributed by atoms with Gasteiger partial charge in [-0.25, -0.2) is 4.89 Å². The van der Waals surface area contributed by atoms with E-state index in [1.807, 2.05) is 18.2 Å². The summed E-state index contributed by atoms with van der Waals surface area (Å²) in [6.07, 6.45) is 0. The molecule has 0 radical (unpaired) electrons. The Labute approximate surface area is 193 Å². The van der Waals surface area contributed by atoms with Crippen molar-refractivity contribution < 1.29 is 32.0 Å². The molecule has 0 bridgehead atoms. The number of nitrogen functional groups attached to an aromatic ring is 1. The Morgan fingerprint density at radius 2 is 1.79 bits per heavy atom. The van der Waals surface area contributed by atoms with Crippen LogP contribution in [0.3, 0.4) is 0 Å². The average Bonchev–Trinajstić information content (AvgIpc) is 2.80. The third kappa shape index (κ3) is 6.01. The molecule has 0 saturated carbocycles. The average molecular weight is 494 g/mol. The number of fused-ring (bicyclic) bond motifs is 1. The number of phenols is 1. The van der Waals surface area contributed by atoms with Crippen molar-refractivity contribution in [3.63, 3.8) is 0 Å². The quantitative estimate of drug-likeness (QED) is 0.0766. The van der Waals surface area contributed by atoms with E-state index in [1.165, 1.54) is 25.3 Å². The summed E-state index contributed by atoms with van der Waals surface area (Å²) >= 11 is 0.680. The van der Waals surface area contributed by atoms with Crippen LogP contribution in [0.2, 0.25) is 0 Å². The molecule has 0 amide bonds. The Balaban J connectivity index is 2.00. The van der Waals surface area contributed by atoms with Crippen LogP contribution in [-0.2, 0) is 28.6 Å². The highest BCUT2D eigenvalue weighted by Crippen LogP contribution is 2.43. The van der Waals surface area contributed by atoms with Crippen LogP contribution in [0.25, 0.3) is 10.8 Å². The van der Waals surface area contributed by atoms with Crippen molar-refractivity contribution in [2.45, 2.75) is 9.79 Å². The molecule has 0 heterocycles. The maximum Gasteiger partial charge on any atom is 0.297 e. The first-order valence-corrected chi connectivity index (χ1v) is 11.3. The Morgan fingerprint density at radius 3 is 2.48 bits per heavy atom. The third-order valence-electron chi connectivity index (χ3n) is 4.13. The molecule has 3 N–H and O–H groups in total. The molecule has 12 nitrogen and oxygen atoms in total. The van der Waals surface area contributed by atoms with E-state index in [4.69, 9.17) is 10.1 Å². The van der Waals surface area contributed by atoms with Crippen LogP contribution in [0.5, 0.6) is 5.75 Å². The van der Waals surface area contributed by atoms with Crippen molar-refractivity contribution >= 4 is 50.0 Å². The smallest absolute Gasteiger partial charge is 0.297 e. The van der Waals surface area contributed by atoms with Gasteiger partial charge < -0.3 is 10.8 Å². The summed E-state index contributed by atoms with van der Waals surface area (Å²) in [5, 5.41) is 30.7. The van der Waals surface area contributed by atoms with Gasteiger partial charge in [-0.05, 0) is 30.3 Å². The molecule has 0 saturated heterocycles. The highest BCUT2D eigenvalue weighted by molar-refractivity contribution is 7.94. The standard InChI is InChI=1S/C19H19N5O7S2/c1-28-30-31-32-13-8-14-17(33(26,27)29-2)10-15(19(20)18(14)16(25)9-13)24-22-11-21-23-12-6-4-3-5-7-12/h3-10,25H,11,20H2,1-2H3. The number of hydrogen-bond donors (Lipinski definition) is 2. The van der Waals surface area contributed by atoms with Crippen LogP contribution in [0.4, 0.5) is 17.1 Å². The van der Waals surface area contributed by atoms with Gasteiger partial charge in [0.25, 0.3) is 10.1 Å². The number of nitrogens with two attached hydrogens (primary N) is 1. The monoisotopic (exact) mass is 493 g/mol. The topological polar surface area (TPSA) is 167 Å². The molecule has 0 aromatic heterocycles. The Bertz CT molecular complexity index is 1280. The van der Waals surface area contributed by atoms with Gasteiger partial charge in [0.05, 0.1) is 43.0 Å². The number of benzene rings is 3. The number of phenolic OH excluding ortho intramolecular Hbond substituents is 1. The second kappa shape index (κ2) is 11.1. The molecule has 0 atom stereocenters. The predicted octanol–water partition coefficient (Wildman–Crippen LogP) is 4.80. The Morgan fingerprint density at radius 1 is 1.06 bits per heavy atom. The zero-order chi connectivity index (χ0) is 23.8. The van der Waals surface area contributed by atoms with Crippen LogP contribution in [0.15, 0.2) is 78.8 Å². The predicted molar refractivity (Wildman–Crippen MR) is 120 cm³/mol. The normalized spacial score (nSPS) is 12.3. The van der Waals surface area contributed by atoms with Gasteiger partial charge in [0, 0.05) is 10.3 Å². The van der Waals surface area contributed by atoms with E-state index in [2.05, 4.69) is 34.6 Å². The van der Waals surface area contributed by atoms with Gasteiger partial charge in [0.2, 0.25) is 0 Å². The minimum atomic E-state index is -4.21. The molecule has 0 aliphatic carbocycles. The lowest BCUT2D eigenvalue weighted by atomic mass is 10.1. The fourth-order valence-electron chi connectivity index (χ4n) is 2.74. The highest BCUT2D eigenvalue weighted by atomic mass is 32.2. The van der Waals surface area contributed by atoms with Gasteiger partial charge in [-0.15, -0.1) is 4.33 Å². The molecular weight excluding hydrogens is 474 g/mol. The first-order valence-electron chi connectivity index (χ1n) is 9.11. The summed E-state index contributed by atoms with van der Waals surface area (Å²) in [5.74, 6) is -0.318. The van der Waals surface area contributed by atoms with Crippen molar-refractivity contribution in [2.24, 2.45) is 20.5 Å². The van der Waals surface area contributed by atoms with Crippen molar-refractivity contribution in [1.82, 2.24) is 0 Å². The van der Waals surface area contributed by atoms with Crippen LogP contribution in [-0.4, -0.2) is 34.4 Å². The van der Waals surface area contributed by atoms with Crippen LogP contribution in [0, 0.1) is 0 Å². The van der Waals surface area contributed by atoms with Crippen molar-refractivity contribution in [3.8, 4) is 5.75 Å². The molecule has 3 rings (SSSR count). The molecule has 0 aliphatic rings. The van der Waals surface area contributed by atoms with Gasteiger partial charge in [0.1, 0.15) is 16.3 Å².